The molecular formula is C18H21N5OS2. The van der Waals surface area contributed by atoms with Crippen molar-refractivity contribution in [1.82, 2.24) is 20.1 Å². The summed E-state index contributed by atoms with van der Waals surface area (Å²) in [6.45, 7) is 1.82. The van der Waals surface area contributed by atoms with Crippen LogP contribution in [-0.4, -0.2) is 46.1 Å². The van der Waals surface area contributed by atoms with Crippen LogP contribution in [0.15, 0.2) is 35.5 Å². The lowest BCUT2D eigenvalue weighted by Gasteiger charge is -2.32. The minimum Gasteiger partial charge on any atom is -0.349 e. The minimum absolute atomic E-state index is 0.0406. The molecule has 26 heavy (non-hydrogen) atoms. The molecule has 3 heterocycles. The van der Waals surface area contributed by atoms with Gasteiger partial charge in [0.05, 0.1) is 22.0 Å². The Morgan fingerprint density at radius 2 is 2.15 bits per heavy atom. The third-order valence-corrected chi connectivity index (χ3v) is 6.46. The van der Waals surface area contributed by atoms with Crippen molar-refractivity contribution in [3.05, 3.63) is 36.2 Å². The summed E-state index contributed by atoms with van der Waals surface area (Å²) in [5, 5.41) is 8.26. The number of aromatic nitrogens is 3. The highest BCUT2D eigenvalue weighted by Gasteiger charge is 2.23. The number of anilines is 1. The van der Waals surface area contributed by atoms with Crippen molar-refractivity contribution in [3.8, 4) is 0 Å². The van der Waals surface area contributed by atoms with Crippen molar-refractivity contribution in [2.75, 3.05) is 24.2 Å². The molecule has 1 aliphatic rings. The fraction of sp³-hybridized carbons (Fsp3) is 0.389. The number of thioether (sulfide) groups is 1. The molecule has 1 fully saturated rings. The van der Waals surface area contributed by atoms with Crippen molar-refractivity contribution in [2.24, 2.45) is 7.05 Å². The smallest absolute Gasteiger partial charge is 0.254 e. The Morgan fingerprint density at radius 3 is 2.85 bits per heavy atom. The third kappa shape index (κ3) is 3.57. The summed E-state index contributed by atoms with van der Waals surface area (Å²) in [4.78, 5) is 20.6. The molecule has 0 aliphatic carbocycles. The molecule has 3 aromatic rings. The Kier molecular flexibility index (Phi) is 4.86. The van der Waals surface area contributed by atoms with Gasteiger partial charge in [-0.25, -0.2) is 4.98 Å². The molecule has 0 spiro atoms. The van der Waals surface area contributed by atoms with Gasteiger partial charge < -0.3 is 10.2 Å². The fourth-order valence-electron chi connectivity index (χ4n) is 3.18. The Balaban J connectivity index is 1.38. The maximum Gasteiger partial charge on any atom is 0.254 e. The normalized spacial score (nSPS) is 15.5. The van der Waals surface area contributed by atoms with Crippen LogP contribution in [0.5, 0.6) is 0 Å². The SMILES string of the molecule is CSc1ccc2nc(N3CCC(NC(=O)c4cnn(C)c4)CC3)sc2c1. The maximum atomic E-state index is 12.3. The number of thiazole rings is 1. The van der Waals surface area contributed by atoms with Crippen LogP contribution in [0, 0.1) is 0 Å². The average molecular weight is 388 g/mol. The van der Waals surface area contributed by atoms with Gasteiger partial charge >= 0.3 is 0 Å². The van der Waals surface area contributed by atoms with E-state index in [0.29, 0.717) is 5.56 Å². The highest BCUT2D eigenvalue weighted by molar-refractivity contribution is 7.98. The Hall–Kier alpha value is -2.06. The molecule has 1 amide bonds. The molecule has 0 unspecified atom stereocenters. The lowest BCUT2D eigenvalue weighted by molar-refractivity contribution is 0.0931. The van der Waals surface area contributed by atoms with Crippen LogP contribution in [0.3, 0.4) is 0 Å². The first-order chi connectivity index (χ1) is 12.6. The topological polar surface area (TPSA) is 63.1 Å². The number of nitrogens with one attached hydrogen (secondary N) is 1. The second-order valence-electron chi connectivity index (χ2n) is 6.47. The molecule has 0 atom stereocenters. The molecular weight excluding hydrogens is 366 g/mol. The van der Waals surface area contributed by atoms with Crippen LogP contribution in [0.2, 0.25) is 0 Å². The van der Waals surface area contributed by atoms with Crippen LogP contribution in [0.25, 0.3) is 10.2 Å². The summed E-state index contributed by atoms with van der Waals surface area (Å²) >= 11 is 3.50. The van der Waals surface area contributed by atoms with Gasteiger partial charge in [0.25, 0.3) is 5.91 Å². The second-order valence-corrected chi connectivity index (χ2v) is 8.36. The molecule has 0 radical (unpaired) electrons. The Bertz CT molecular complexity index is 927. The molecule has 1 aliphatic heterocycles. The van der Waals surface area contributed by atoms with Gasteiger partial charge in [-0.1, -0.05) is 11.3 Å². The quantitative estimate of drug-likeness (QED) is 0.697. The molecule has 1 N–H and O–H groups in total. The van der Waals surface area contributed by atoms with Crippen molar-refractivity contribution < 1.29 is 4.79 Å². The molecule has 8 heteroatoms. The van der Waals surface area contributed by atoms with Crippen molar-refractivity contribution in [2.45, 2.75) is 23.8 Å². The van der Waals surface area contributed by atoms with E-state index in [1.807, 2.05) is 7.05 Å². The van der Waals surface area contributed by atoms with Gasteiger partial charge in [-0.3, -0.25) is 9.48 Å². The molecule has 6 nitrogen and oxygen atoms in total. The number of rotatable bonds is 4. The van der Waals surface area contributed by atoms with E-state index in [0.717, 1.165) is 36.6 Å². The maximum absolute atomic E-state index is 12.3. The largest absolute Gasteiger partial charge is 0.349 e. The predicted molar refractivity (Wildman–Crippen MR) is 107 cm³/mol. The highest BCUT2D eigenvalue weighted by atomic mass is 32.2. The Labute approximate surface area is 160 Å². The number of piperidine rings is 1. The summed E-state index contributed by atoms with van der Waals surface area (Å²) in [6.07, 6.45) is 7.30. The molecule has 1 aromatic carbocycles. The van der Waals surface area contributed by atoms with E-state index in [1.165, 1.54) is 9.60 Å². The average Bonchev–Trinajstić information content (AvgIpc) is 3.27. The highest BCUT2D eigenvalue weighted by Crippen LogP contribution is 2.32. The van der Waals surface area contributed by atoms with Gasteiger partial charge in [-0.15, -0.1) is 11.8 Å². The van der Waals surface area contributed by atoms with Gasteiger partial charge in [0.15, 0.2) is 5.13 Å². The van der Waals surface area contributed by atoms with E-state index in [2.05, 4.69) is 39.8 Å². The number of hydrogen-bond donors (Lipinski definition) is 1. The van der Waals surface area contributed by atoms with Crippen LogP contribution in [0.4, 0.5) is 5.13 Å². The summed E-state index contributed by atoms with van der Waals surface area (Å²) < 4.78 is 2.88. The van der Waals surface area contributed by atoms with Crippen molar-refractivity contribution >= 4 is 44.4 Å². The number of aryl methyl sites for hydroxylation is 1. The summed E-state index contributed by atoms with van der Waals surface area (Å²) in [5.41, 5.74) is 1.68. The van der Waals surface area contributed by atoms with Gasteiger partial charge in [-0.05, 0) is 37.3 Å². The number of carbonyl (C=O) groups is 1. The summed E-state index contributed by atoms with van der Waals surface area (Å²) in [5.74, 6) is -0.0406. The van der Waals surface area contributed by atoms with Crippen molar-refractivity contribution in [1.29, 1.82) is 0 Å². The second kappa shape index (κ2) is 7.28. The van der Waals surface area contributed by atoms with E-state index >= 15 is 0 Å². The number of benzene rings is 1. The molecule has 0 saturated carbocycles. The zero-order valence-corrected chi connectivity index (χ0v) is 16.4. The summed E-state index contributed by atoms with van der Waals surface area (Å²) in [7, 11) is 1.81. The first kappa shape index (κ1) is 17.4. The van der Waals surface area contributed by atoms with Crippen LogP contribution in [-0.2, 0) is 7.05 Å². The molecule has 136 valence electrons. The molecule has 0 bridgehead atoms. The summed E-state index contributed by atoms with van der Waals surface area (Å²) in [6, 6.07) is 6.64. The standard InChI is InChI=1S/C18H21N5OS2/c1-22-11-12(10-19-22)17(24)20-13-5-7-23(8-6-13)18-21-15-4-3-14(25-2)9-16(15)26-18/h3-4,9-11,13H,5-8H2,1-2H3,(H,20,24). The molecule has 1 saturated heterocycles. The lowest BCUT2D eigenvalue weighted by atomic mass is 10.1. The Morgan fingerprint density at radius 1 is 1.35 bits per heavy atom. The number of nitrogens with zero attached hydrogens (tertiary/aromatic N) is 4. The lowest BCUT2D eigenvalue weighted by Crippen LogP contribution is -2.44. The minimum atomic E-state index is -0.0406. The van der Waals surface area contributed by atoms with Gasteiger partial charge in [0, 0.05) is 37.3 Å². The number of hydrogen-bond acceptors (Lipinski definition) is 6. The van der Waals surface area contributed by atoms with Gasteiger partial charge in [0.2, 0.25) is 0 Å². The molecule has 2 aromatic heterocycles. The van der Waals surface area contributed by atoms with Crippen molar-refractivity contribution in [3.63, 3.8) is 0 Å². The van der Waals surface area contributed by atoms with E-state index in [1.54, 1.807) is 40.2 Å². The predicted octanol–water partition coefficient (Wildman–Crippen LogP) is 3.15. The van der Waals surface area contributed by atoms with E-state index in [-0.39, 0.29) is 11.9 Å². The molecule has 4 rings (SSSR count). The third-order valence-electron chi connectivity index (χ3n) is 4.65. The number of amides is 1. The van der Waals surface area contributed by atoms with E-state index < -0.39 is 0 Å². The fourth-order valence-corrected chi connectivity index (χ4v) is 4.75. The van der Waals surface area contributed by atoms with Gasteiger partial charge in [-0.2, -0.15) is 5.10 Å². The number of carbonyl (C=O) groups excluding carboxylic acids is 1. The van der Waals surface area contributed by atoms with Gasteiger partial charge in [0.1, 0.15) is 0 Å². The number of fused-ring (bicyclic) bond motifs is 1. The van der Waals surface area contributed by atoms with Crippen LogP contribution >= 0.6 is 23.1 Å². The van der Waals surface area contributed by atoms with E-state index in [9.17, 15) is 4.79 Å². The van der Waals surface area contributed by atoms with Crippen LogP contribution < -0.4 is 10.2 Å². The zero-order valence-electron chi connectivity index (χ0n) is 14.8. The first-order valence-corrected chi connectivity index (χ1v) is 10.7. The monoisotopic (exact) mass is 387 g/mol. The van der Waals surface area contributed by atoms with E-state index in [4.69, 9.17) is 4.98 Å². The zero-order chi connectivity index (χ0) is 18.1. The first-order valence-electron chi connectivity index (χ1n) is 8.61. The van der Waals surface area contributed by atoms with Crippen LogP contribution in [0.1, 0.15) is 23.2 Å².